The summed E-state index contributed by atoms with van der Waals surface area (Å²) in [6, 6.07) is 14.7. The highest BCUT2D eigenvalue weighted by atomic mass is 32.2. The Morgan fingerprint density at radius 2 is 2.00 bits per heavy atom. The van der Waals surface area contributed by atoms with E-state index in [0.717, 1.165) is 34.1 Å². The second-order valence-corrected chi connectivity index (χ2v) is 9.30. The minimum atomic E-state index is -0.231. The first-order chi connectivity index (χ1) is 13.2. The van der Waals surface area contributed by atoms with Crippen LogP contribution in [0, 0.1) is 5.82 Å². The normalized spacial score (nSPS) is 12.3. The van der Waals surface area contributed by atoms with Crippen LogP contribution < -0.4 is 5.32 Å². The van der Waals surface area contributed by atoms with Crippen LogP contribution >= 0.6 is 34.9 Å². The maximum absolute atomic E-state index is 12.9. The zero-order valence-electron chi connectivity index (χ0n) is 14.4. The van der Waals surface area contributed by atoms with Crippen LogP contribution in [0.3, 0.4) is 0 Å². The van der Waals surface area contributed by atoms with Crippen LogP contribution in [0.1, 0.15) is 17.7 Å². The fourth-order valence-corrected chi connectivity index (χ4v) is 5.75. The number of hydrogen-bond donors (Lipinski definition) is 1. The van der Waals surface area contributed by atoms with Gasteiger partial charge in [0.05, 0.1) is 5.69 Å². The molecular weight excluding hydrogens is 399 g/mol. The average molecular weight is 417 g/mol. The van der Waals surface area contributed by atoms with Gasteiger partial charge in [-0.3, -0.25) is 4.79 Å². The van der Waals surface area contributed by atoms with E-state index in [4.69, 9.17) is 0 Å². The Labute approximate surface area is 169 Å². The van der Waals surface area contributed by atoms with Crippen LogP contribution in [-0.2, 0) is 10.5 Å². The number of thioether (sulfide) groups is 2. The van der Waals surface area contributed by atoms with Crippen molar-refractivity contribution in [3.8, 4) is 11.3 Å². The maximum atomic E-state index is 12.9. The molecule has 0 spiro atoms. The number of rotatable bonds is 6. The van der Waals surface area contributed by atoms with E-state index in [1.54, 1.807) is 35.2 Å². The molecule has 0 saturated carbocycles. The minimum absolute atomic E-state index is 0.0123. The van der Waals surface area contributed by atoms with Gasteiger partial charge >= 0.3 is 0 Å². The van der Waals surface area contributed by atoms with Gasteiger partial charge in [0.2, 0.25) is 5.91 Å². The number of thiazole rings is 1. The first kappa shape index (κ1) is 18.5. The molecule has 3 nitrogen and oxygen atoms in total. The predicted octanol–water partition coefficient (Wildman–Crippen LogP) is 6.07. The van der Waals surface area contributed by atoms with Crippen molar-refractivity contribution in [3.05, 3.63) is 59.2 Å². The fraction of sp³-hybridized carbons (Fsp3) is 0.200. The summed E-state index contributed by atoms with van der Waals surface area (Å²) in [5.74, 6) is 1.47. The van der Waals surface area contributed by atoms with E-state index in [-0.39, 0.29) is 11.7 Å². The van der Waals surface area contributed by atoms with Crippen molar-refractivity contribution in [2.75, 3.05) is 11.1 Å². The standard InChI is InChI=1S/C20H17FN2OS3/c21-13-7-9-14(10-8-13)25-11-3-6-18(24)22-20-23-19-15-4-1-2-5-16(15)26-12-17(19)27-20/h1-2,4-5,7-10H,3,6,11-12H2,(H,22,23,24). The van der Waals surface area contributed by atoms with Crippen molar-refractivity contribution in [2.24, 2.45) is 0 Å². The molecule has 0 fully saturated rings. The summed E-state index contributed by atoms with van der Waals surface area (Å²) in [4.78, 5) is 20.3. The Kier molecular flexibility index (Phi) is 5.80. The number of carbonyl (C=O) groups excluding carboxylic acids is 1. The number of fused-ring (bicyclic) bond motifs is 3. The zero-order chi connectivity index (χ0) is 18.6. The summed E-state index contributed by atoms with van der Waals surface area (Å²) >= 11 is 5.00. The molecule has 1 aliphatic rings. The fourth-order valence-electron chi connectivity index (χ4n) is 2.78. The number of hydrogen-bond acceptors (Lipinski definition) is 5. The quantitative estimate of drug-likeness (QED) is 0.391. The Morgan fingerprint density at radius 1 is 1.19 bits per heavy atom. The highest BCUT2D eigenvalue weighted by Crippen LogP contribution is 2.44. The number of benzene rings is 2. The lowest BCUT2D eigenvalue weighted by Crippen LogP contribution is -2.11. The second-order valence-electron chi connectivity index (χ2n) is 6.03. The van der Waals surface area contributed by atoms with Gasteiger partial charge in [-0.15, -0.1) is 34.9 Å². The van der Waals surface area contributed by atoms with Crippen molar-refractivity contribution < 1.29 is 9.18 Å². The zero-order valence-corrected chi connectivity index (χ0v) is 16.9. The summed E-state index contributed by atoms with van der Waals surface area (Å²) in [6.07, 6.45) is 1.21. The SMILES string of the molecule is O=C(CCCSc1ccc(F)cc1)Nc1nc2c(s1)CSc1ccccc1-2. The van der Waals surface area contributed by atoms with Gasteiger partial charge < -0.3 is 5.32 Å². The van der Waals surface area contributed by atoms with E-state index >= 15 is 0 Å². The highest BCUT2D eigenvalue weighted by molar-refractivity contribution is 7.99. The Hall–Kier alpha value is -1.83. The molecule has 2 heterocycles. The van der Waals surface area contributed by atoms with Crippen molar-refractivity contribution in [2.45, 2.75) is 28.4 Å². The van der Waals surface area contributed by atoms with Gasteiger partial charge in [0.25, 0.3) is 0 Å². The number of nitrogens with zero attached hydrogens (tertiary/aromatic N) is 1. The lowest BCUT2D eigenvalue weighted by Gasteiger charge is -2.13. The van der Waals surface area contributed by atoms with Crippen LogP contribution in [0.4, 0.5) is 9.52 Å². The molecule has 0 bridgehead atoms. The molecule has 0 saturated heterocycles. The Morgan fingerprint density at radius 3 is 2.85 bits per heavy atom. The van der Waals surface area contributed by atoms with Crippen LogP contribution in [0.2, 0.25) is 0 Å². The summed E-state index contributed by atoms with van der Waals surface area (Å²) in [5, 5.41) is 3.61. The maximum Gasteiger partial charge on any atom is 0.226 e. The minimum Gasteiger partial charge on any atom is -0.302 e. The Balaban J connectivity index is 1.29. The van der Waals surface area contributed by atoms with E-state index in [9.17, 15) is 9.18 Å². The second kappa shape index (κ2) is 8.46. The predicted molar refractivity (Wildman–Crippen MR) is 112 cm³/mol. The van der Waals surface area contributed by atoms with Gasteiger partial charge in [-0.05, 0) is 42.5 Å². The van der Waals surface area contributed by atoms with Gasteiger partial charge in [-0.25, -0.2) is 9.37 Å². The first-order valence-electron chi connectivity index (χ1n) is 8.59. The summed E-state index contributed by atoms with van der Waals surface area (Å²) in [5.41, 5.74) is 2.15. The molecule has 1 N–H and O–H groups in total. The van der Waals surface area contributed by atoms with Gasteiger partial charge in [-0.1, -0.05) is 18.2 Å². The van der Waals surface area contributed by atoms with Gasteiger partial charge in [0, 0.05) is 32.4 Å². The monoisotopic (exact) mass is 416 g/mol. The molecule has 4 rings (SSSR count). The van der Waals surface area contributed by atoms with E-state index in [1.165, 1.54) is 21.9 Å². The third-order valence-corrected chi connectivity index (χ3v) is 7.43. The molecule has 27 heavy (non-hydrogen) atoms. The van der Waals surface area contributed by atoms with Gasteiger partial charge in [0.15, 0.2) is 5.13 Å². The number of amides is 1. The number of carbonyl (C=O) groups is 1. The average Bonchev–Trinajstić information content (AvgIpc) is 3.09. The van der Waals surface area contributed by atoms with Crippen LogP contribution in [-0.4, -0.2) is 16.6 Å². The number of anilines is 1. The molecule has 1 aliphatic heterocycles. The van der Waals surface area contributed by atoms with E-state index < -0.39 is 0 Å². The molecule has 0 radical (unpaired) electrons. The Bertz CT molecular complexity index is 956. The molecule has 2 aromatic carbocycles. The topological polar surface area (TPSA) is 42.0 Å². The molecule has 0 unspecified atom stereocenters. The third kappa shape index (κ3) is 4.54. The van der Waals surface area contributed by atoms with Crippen molar-refractivity contribution in [1.82, 2.24) is 4.98 Å². The summed E-state index contributed by atoms with van der Waals surface area (Å²) in [7, 11) is 0. The smallest absolute Gasteiger partial charge is 0.226 e. The lowest BCUT2D eigenvalue weighted by atomic mass is 10.1. The van der Waals surface area contributed by atoms with Gasteiger partial charge in [0.1, 0.15) is 5.82 Å². The number of nitrogens with one attached hydrogen (secondary N) is 1. The van der Waals surface area contributed by atoms with Crippen LogP contribution in [0.5, 0.6) is 0 Å². The number of aromatic nitrogens is 1. The highest BCUT2D eigenvalue weighted by Gasteiger charge is 2.21. The summed E-state index contributed by atoms with van der Waals surface area (Å²) < 4.78 is 12.9. The molecule has 138 valence electrons. The van der Waals surface area contributed by atoms with Crippen molar-refractivity contribution in [3.63, 3.8) is 0 Å². The summed E-state index contributed by atoms with van der Waals surface area (Å²) in [6.45, 7) is 0. The molecular formula is C20H17FN2OS3. The molecule has 1 amide bonds. The first-order valence-corrected chi connectivity index (χ1v) is 11.4. The van der Waals surface area contributed by atoms with E-state index in [2.05, 4.69) is 22.4 Å². The van der Waals surface area contributed by atoms with E-state index in [0.29, 0.717) is 11.6 Å². The van der Waals surface area contributed by atoms with Crippen LogP contribution in [0.15, 0.2) is 58.3 Å². The van der Waals surface area contributed by atoms with Crippen LogP contribution in [0.25, 0.3) is 11.3 Å². The van der Waals surface area contributed by atoms with Gasteiger partial charge in [-0.2, -0.15) is 0 Å². The number of halogens is 1. The van der Waals surface area contributed by atoms with E-state index in [1.807, 2.05) is 23.9 Å². The molecule has 0 atom stereocenters. The molecule has 3 aromatic rings. The lowest BCUT2D eigenvalue weighted by molar-refractivity contribution is -0.116. The molecule has 7 heteroatoms. The largest absolute Gasteiger partial charge is 0.302 e. The third-order valence-electron chi connectivity index (χ3n) is 4.08. The molecule has 1 aromatic heterocycles. The molecule has 0 aliphatic carbocycles. The van der Waals surface area contributed by atoms with Crippen molar-refractivity contribution in [1.29, 1.82) is 0 Å². The van der Waals surface area contributed by atoms with Crippen molar-refractivity contribution >= 4 is 45.9 Å².